The smallest absolute Gasteiger partial charge is 0.434 e. The Labute approximate surface area is 148 Å². The fourth-order valence-electron chi connectivity index (χ4n) is 2.74. The number of hydrogen-bond donors (Lipinski definition) is 1. The molecule has 0 bridgehead atoms. The number of rotatable bonds is 4. The molecule has 2 rings (SSSR count). The first-order chi connectivity index (χ1) is 11.9. The van der Waals surface area contributed by atoms with Crippen molar-refractivity contribution in [3.8, 4) is 0 Å². The number of esters is 1. The molecule has 1 aromatic heterocycles. The number of pyridine rings is 1. The van der Waals surface area contributed by atoms with Crippen LogP contribution in [-0.2, 0) is 16.3 Å². The first kappa shape index (κ1) is 20.1. The minimum absolute atomic E-state index is 0.0683. The molecular weight excluding hydrogens is 391 g/mol. The zero-order valence-electron chi connectivity index (χ0n) is 13.2. The van der Waals surface area contributed by atoms with Crippen LogP contribution in [0.3, 0.4) is 0 Å². The van der Waals surface area contributed by atoms with Crippen LogP contribution < -0.4 is 4.90 Å². The summed E-state index contributed by atoms with van der Waals surface area (Å²) in [6.07, 6.45) is -4.43. The lowest BCUT2D eigenvalue weighted by Crippen LogP contribution is -2.31. The van der Waals surface area contributed by atoms with Crippen LogP contribution in [0.15, 0.2) is 0 Å². The molecule has 144 valence electrons. The highest BCUT2D eigenvalue weighted by Crippen LogP contribution is 2.44. The van der Waals surface area contributed by atoms with Gasteiger partial charge in [0.25, 0.3) is 0 Å². The van der Waals surface area contributed by atoms with Crippen LogP contribution in [0.25, 0.3) is 0 Å². The van der Waals surface area contributed by atoms with Crippen LogP contribution in [0.4, 0.5) is 27.6 Å². The Bertz CT molecular complexity index is 742. The van der Waals surface area contributed by atoms with Gasteiger partial charge < -0.3 is 14.7 Å². The van der Waals surface area contributed by atoms with Crippen molar-refractivity contribution in [1.82, 2.24) is 4.98 Å². The molecule has 12 heteroatoms. The van der Waals surface area contributed by atoms with Crippen molar-refractivity contribution in [3.05, 3.63) is 22.5 Å². The Hall–Kier alpha value is -2.17. The molecule has 0 aliphatic carbocycles. The van der Waals surface area contributed by atoms with Gasteiger partial charge in [-0.2, -0.15) is 22.0 Å². The second-order valence-corrected chi connectivity index (χ2v) is 5.87. The summed E-state index contributed by atoms with van der Waals surface area (Å²) in [6, 6.07) is 0. The Balaban J connectivity index is 3.02. The van der Waals surface area contributed by atoms with Gasteiger partial charge in [-0.15, -0.1) is 0 Å². The van der Waals surface area contributed by atoms with Crippen LogP contribution in [0.2, 0.25) is 0 Å². The molecule has 26 heavy (non-hydrogen) atoms. The zero-order valence-corrected chi connectivity index (χ0v) is 13.9. The average Bonchev–Trinajstić information content (AvgIpc) is 3.04. The molecule has 1 aromatic rings. The second-order valence-electron chi connectivity index (χ2n) is 5.39. The van der Waals surface area contributed by atoms with E-state index in [1.54, 1.807) is 0 Å². The van der Waals surface area contributed by atoms with E-state index >= 15 is 0 Å². The SMILES string of the molecule is COC(=O)c1c(C(F)(F)Cl)nc(C(F)(F)F)c(C(=O)O)c1N1CCCC1. The summed E-state index contributed by atoms with van der Waals surface area (Å²) in [4.78, 5) is 27.4. The Morgan fingerprint density at radius 3 is 2.04 bits per heavy atom. The number of carboxylic acids is 1. The number of aromatic carboxylic acids is 1. The van der Waals surface area contributed by atoms with Crippen molar-refractivity contribution < 1.29 is 41.4 Å². The highest BCUT2D eigenvalue weighted by atomic mass is 35.5. The molecule has 0 spiro atoms. The first-order valence-corrected chi connectivity index (χ1v) is 7.56. The van der Waals surface area contributed by atoms with Crippen molar-refractivity contribution >= 4 is 29.2 Å². The standard InChI is InChI=1S/C14H12ClF5N2O4/c1-26-12(25)7-8(22-4-2-3-5-22)6(11(23)24)10(14(18,19)20)21-9(7)13(15,16)17/h2-5H2,1H3,(H,23,24). The number of carbonyl (C=O) groups excluding carboxylic acids is 1. The summed E-state index contributed by atoms with van der Waals surface area (Å²) in [5.74, 6) is -3.53. The van der Waals surface area contributed by atoms with Crippen molar-refractivity contribution in [3.63, 3.8) is 0 Å². The number of carbonyl (C=O) groups is 2. The number of halogens is 6. The highest BCUT2D eigenvalue weighted by molar-refractivity contribution is 6.22. The Morgan fingerprint density at radius 2 is 1.65 bits per heavy atom. The summed E-state index contributed by atoms with van der Waals surface area (Å²) >= 11 is 4.86. The van der Waals surface area contributed by atoms with Crippen LogP contribution >= 0.6 is 11.6 Å². The maximum atomic E-state index is 13.7. The van der Waals surface area contributed by atoms with Gasteiger partial charge in [0, 0.05) is 13.1 Å². The molecule has 0 radical (unpaired) electrons. The average molecular weight is 403 g/mol. The van der Waals surface area contributed by atoms with Gasteiger partial charge in [0.15, 0.2) is 5.69 Å². The van der Waals surface area contributed by atoms with Gasteiger partial charge in [-0.1, -0.05) is 0 Å². The fourth-order valence-corrected chi connectivity index (χ4v) is 2.87. The molecule has 0 atom stereocenters. The summed E-state index contributed by atoms with van der Waals surface area (Å²) in [7, 11) is 0.810. The van der Waals surface area contributed by atoms with Crippen LogP contribution in [-0.4, -0.2) is 42.2 Å². The summed E-state index contributed by atoms with van der Waals surface area (Å²) < 4.78 is 71.8. The molecule has 0 unspecified atom stereocenters. The van der Waals surface area contributed by atoms with E-state index in [0.717, 1.165) is 12.0 Å². The minimum Gasteiger partial charge on any atom is -0.478 e. The molecule has 1 N–H and O–H groups in total. The van der Waals surface area contributed by atoms with E-state index in [1.165, 1.54) is 0 Å². The molecule has 1 saturated heterocycles. The second kappa shape index (κ2) is 6.86. The van der Waals surface area contributed by atoms with E-state index in [2.05, 4.69) is 9.72 Å². The summed E-state index contributed by atoms with van der Waals surface area (Å²) in [5, 5.41) is 4.84. The van der Waals surface area contributed by atoms with Crippen LogP contribution in [0.5, 0.6) is 0 Å². The van der Waals surface area contributed by atoms with E-state index in [-0.39, 0.29) is 13.1 Å². The van der Waals surface area contributed by atoms with E-state index in [4.69, 9.17) is 11.6 Å². The molecule has 1 aliphatic rings. The lowest BCUT2D eigenvalue weighted by Gasteiger charge is -2.27. The third kappa shape index (κ3) is 3.67. The van der Waals surface area contributed by atoms with E-state index in [0.29, 0.717) is 12.8 Å². The maximum Gasteiger partial charge on any atom is 0.434 e. The van der Waals surface area contributed by atoms with E-state index < -0.39 is 51.7 Å². The number of nitrogens with zero attached hydrogens (tertiary/aromatic N) is 2. The van der Waals surface area contributed by atoms with Crippen molar-refractivity contribution in [1.29, 1.82) is 0 Å². The minimum atomic E-state index is -5.37. The number of anilines is 1. The number of ether oxygens (including phenoxy) is 1. The normalized spacial score (nSPS) is 15.3. The van der Waals surface area contributed by atoms with Crippen LogP contribution in [0, 0.1) is 0 Å². The van der Waals surface area contributed by atoms with Crippen molar-refractivity contribution in [2.45, 2.75) is 24.4 Å². The quantitative estimate of drug-likeness (QED) is 0.472. The zero-order chi connectivity index (χ0) is 19.9. The van der Waals surface area contributed by atoms with Gasteiger partial charge in [-0.3, -0.25) is 0 Å². The Morgan fingerprint density at radius 1 is 1.12 bits per heavy atom. The molecule has 0 aromatic carbocycles. The molecule has 6 nitrogen and oxygen atoms in total. The number of carboxylic acid groups (broad SMARTS) is 1. The first-order valence-electron chi connectivity index (χ1n) is 7.18. The molecular formula is C14H12ClF5N2O4. The molecule has 0 saturated carbocycles. The molecule has 1 fully saturated rings. The van der Waals surface area contributed by atoms with Gasteiger partial charge in [0.2, 0.25) is 0 Å². The third-order valence-electron chi connectivity index (χ3n) is 3.73. The molecule has 1 aliphatic heterocycles. The van der Waals surface area contributed by atoms with Gasteiger partial charge >= 0.3 is 23.5 Å². The lowest BCUT2D eigenvalue weighted by molar-refractivity contribution is -0.142. The number of methoxy groups -OCH3 is 1. The maximum absolute atomic E-state index is 13.7. The van der Waals surface area contributed by atoms with Gasteiger partial charge in [-0.05, 0) is 24.4 Å². The van der Waals surface area contributed by atoms with E-state index in [9.17, 15) is 36.6 Å². The fraction of sp³-hybridized carbons (Fsp3) is 0.500. The predicted octanol–water partition coefficient (Wildman–Crippen LogP) is 3.47. The van der Waals surface area contributed by atoms with Gasteiger partial charge in [0.05, 0.1) is 12.8 Å². The number of alkyl halides is 6. The summed E-state index contributed by atoms with van der Waals surface area (Å²) in [6.45, 7) is 0.137. The van der Waals surface area contributed by atoms with Gasteiger partial charge in [-0.25, -0.2) is 14.6 Å². The lowest BCUT2D eigenvalue weighted by atomic mass is 10.0. The monoisotopic (exact) mass is 402 g/mol. The van der Waals surface area contributed by atoms with Gasteiger partial charge in [0.1, 0.15) is 16.8 Å². The van der Waals surface area contributed by atoms with Crippen LogP contribution in [0.1, 0.15) is 44.9 Å². The molecule has 0 amide bonds. The third-order valence-corrected chi connectivity index (χ3v) is 3.91. The predicted molar refractivity (Wildman–Crippen MR) is 78.7 cm³/mol. The topological polar surface area (TPSA) is 79.7 Å². The molecule has 2 heterocycles. The largest absolute Gasteiger partial charge is 0.478 e. The number of aromatic nitrogens is 1. The number of hydrogen-bond acceptors (Lipinski definition) is 5. The van der Waals surface area contributed by atoms with Crippen molar-refractivity contribution in [2.75, 3.05) is 25.1 Å². The van der Waals surface area contributed by atoms with Crippen molar-refractivity contribution in [2.24, 2.45) is 0 Å². The summed E-state index contributed by atoms with van der Waals surface area (Å²) in [5.41, 5.74) is -7.08. The van der Waals surface area contributed by atoms with E-state index in [1.807, 2.05) is 0 Å². The highest BCUT2D eigenvalue weighted by Gasteiger charge is 2.47. The Kier molecular flexibility index (Phi) is 5.31.